The van der Waals surface area contributed by atoms with E-state index in [0.717, 1.165) is 44.1 Å². The van der Waals surface area contributed by atoms with Gasteiger partial charge in [0.25, 0.3) is 0 Å². The molecule has 0 aromatic carbocycles. The van der Waals surface area contributed by atoms with Crippen LogP contribution in [-0.4, -0.2) is 47.9 Å². The van der Waals surface area contributed by atoms with Gasteiger partial charge in [-0.25, -0.2) is 0 Å². The van der Waals surface area contributed by atoms with E-state index in [-0.39, 0.29) is 5.91 Å². The molecule has 0 radical (unpaired) electrons. The van der Waals surface area contributed by atoms with E-state index in [1.807, 2.05) is 4.90 Å². The number of hydrogen-bond donors (Lipinski definition) is 0. The van der Waals surface area contributed by atoms with Crippen LogP contribution in [0, 0.1) is 11.8 Å². The van der Waals surface area contributed by atoms with Gasteiger partial charge in [-0.05, 0) is 31.1 Å². The largest absolute Gasteiger partial charge is 0.340 e. The van der Waals surface area contributed by atoms with Crippen molar-refractivity contribution in [1.29, 1.82) is 0 Å². The molecular weight excluding hydrogens is 200 g/mol. The van der Waals surface area contributed by atoms with Crippen LogP contribution in [0.2, 0.25) is 0 Å². The first-order valence-corrected chi connectivity index (χ1v) is 6.73. The first kappa shape index (κ1) is 10.6. The fourth-order valence-electron chi connectivity index (χ4n) is 4.03. The van der Waals surface area contributed by atoms with Crippen molar-refractivity contribution in [1.82, 2.24) is 9.80 Å². The van der Waals surface area contributed by atoms with Gasteiger partial charge in [-0.2, -0.15) is 0 Å². The Kier molecular flexibility index (Phi) is 2.66. The topological polar surface area (TPSA) is 23.6 Å². The maximum atomic E-state index is 11.3. The van der Waals surface area contributed by atoms with Gasteiger partial charge in [0.1, 0.15) is 0 Å². The van der Waals surface area contributed by atoms with Gasteiger partial charge in [0.15, 0.2) is 0 Å². The standard InChI is InChI=1S/C13H22N2O/c1-10(16)14-4-6-15(7-5-14)13-9-11-2-3-12(13)8-11/h11-13H,2-9H2,1H3/t11-,12-,13+/m0/s1. The van der Waals surface area contributed by atoms with Crippen molar-refractivity contribution in [2.75, 3.05) is 26.2 Å². The summed E-state index contributed by atoms with van der Waals surface area (Å²) in [5, 5.41) is 0. The molecule has 0 aromatic heterocycles. The molecular formula is C13H22N2O. The van der Waals surface area contributed by atoms with Crippen LogP contribution in [-0.2, 0) is 4.79 Å². The van der Waals surface area contributed by atoms with Crippen LogP contribution in [0.1, 0.15) is 32.6 Å². The Hall–Kier alpha value is -0.570. The zero-order valence-electron chi connectivity index (χ0n) is 10.2. The van der Waals surface area contributed by atoms with E-state index < -0.39 is 0 Å². The van der Waals surface area contributed by atoms with Crippen molar-refractivity contribution >= 4 is 5.91 Å². The van der Waals surface area contributed by atoms with Crippen LogP contribution in [0.4, 0.5) is 0 Å². The van der Waals surface area contributed by atoms with Gasteiger partial charge in [0, 0.05) is 39.1 Å². The van der Waals surface area contributed by atoms with E-state index in [9.17, 15) is 4.79 Å². The van der Waals surface area contributed by atoms with E-state index in [2.05, 4.69) is 4.90 Å². The molecule has 3 fully saturated rings. The Morgan fingerprint density at radius 1 is 1.06 bits per heavy atom. The van der Waals surface area contributed by atoms with Gasteiger partial charge < -0.3 is 4.90 Å². The average Bonchev–Trinajstić information content (AvgIpc) is 2.91. The highest BCUT2D eigenvalue weighted by Gasteiger charge is 2.42. The lowest BCUT2D eigenvalue weighted by Crippen LogP contribution is -2.52. The third-order valence-corrected chi connectivity index (χ3v) is 4.93. The molecule has 1 saturated heterocycles. The fraction of sp³-hybridized carbons (Fsp3) is 0.923. The molecule has 3 atom stereocenters. The Labute approximate surface area is 97.8 Å². The summed E-state index contributed by atoms with van der Waals surface area (Å²) in [6.45, 7) is 5.79. The van der Waals surface area contributed by atoms with Crippen molar-refractivity contribution in [2.24, 2.45) is 11.8 Å². The molecule has 2 aliphatic carbocycles. The molecule has 1 aliphatic heterocycles. The van der Waals surface area contributed by atoms with Gasteiger partial charge in [0.05, 0.1) is 0 Å². The number of rotatable bonds is 1. The third kappa shape index (κ3) is 1.75. The lowest BCUT2D eigenvalue weighted by Gasteiger charge is -2.40. The highest BCUT2D eigenvalue weighted by Crippen LogP contribution is 2.46. The van der Waals surface area contributed by atoms with Crippen LogP contribution in [0.3, 0.4) is 0 Å². The van der Waals surface area contributed by atoms with E-state index in [1.54, 1.807) is 6.92 Å². The highest BCUT2D eigenvalue weighted by atomic mass is 16.2. The molecule has 90 valence electrons. The van der Waals surface area contributed by atoms with Crippen molar-refractivity contribution in [3.63, 3.8) is 0 Å². The maximum absolute atomic E-state index is 11.3. The van der Waals surface area contributed by atoms with Gasteiger partial charge in [-0.3, -0.25) is 9.69 Å². The summed E-state index contributed by atoms with van der Waals surface area (Å²) >= 11 is 0. The van der Waals surface area contributed by atoms with Gasteiger partial charge in [-0.1, -0.05) is 6.42 Å². The predicted octanol–water partition coefficient (Wildman–Crippen LogP) is 1.34. The Morgan fingerprint density at radius 2 is 1.81 bits per heavy atom. The number of hydrogen-bond acceptors (Lipinski definition) is 2. The van der Waals surface area contributed by atoms with Crippen LogP contribution in [0.25, 0.3) is 0 Å². The van der Waals surface area contributed by atoms with E-state index >= 15 is 0 Å². The third-order valence-electron chi connectivity index (χ3n) is 4.93. The maximum Gasteiger partial charge on any atom is 0.219 e. The number of nitrogens with zero attached hydrogens (tertiary/aromatic N) is 2. The van der Waals surface area contributed by atoms with Gasteiger partial charge in [-0.15, -0.1) is 0 Å². The van der Waals surface area contributed by atoms with Crippen LogP contribution in [0.5, 0.6) is 0 Å². The Morgan fingerprint density at radius 3 is 2.31 bits per heavy atom. The lowest BCUT2D eigenvalue weighted by atomic mass is 9.93. The van der Waals surface area contributed by atoms with Crippen molar-refractivity contribution < 1.29 is 4.79 Å². The highest BCUT2D eigenvalue weighted by molar-refractivity contribution is 5.73. The predicted molar refractivity (Wildman–Crippen MR) is 63.1 cm³/mol. The number of piperazine rings is 1. The molecule has 0 aromatic rings. The monoisotopic (exact) mass is 222 g/mol. The number of fused-ring (bicyclic) bond motifs is 2. The first-order chi connectivity index (χ1) is 7.74. The minimum absolute atomic E-state index is 0.243. The average molecular weight is 222 g/mol. The summed E-state index contributed by atoms with van der Waals surface area (Å²) in [7, 11) is 0. The van der Waals surface area contributed by atoms with E-state index in [1.165, 1.54) is 25.7 Å². The number of carbonyl (C=O) groups excluding carboxylic acids is 1. The second-order valence-corrected chi connectivity index (χ2v) is 5.78. The smallest absolute Gasteiger partial charge is 0.219 e. The minimum atomic E-state index is 0.243. The molecule has 2 bridgehead atoms. The quantitative estimate of drug-likeness (QED) is 0.668. The van der Waals surface area contributed by atoms with Crippen LogP contribution in [0.15, 0.2) is 0 Å². The van der Waals surface area contributed by atoms with Crippen molar-refractivity contribution in [3.8, 4) is 0 Å². The van der Waals surface area contributed by atoms with Crippen molar-refractivity contribution in [3.05, 3.63) is 0 Å². The zero-order chi connectivity index (χ0) is 11.1. The van der Waals surface area contributed by atoms with Crippen molar-refractivity contribution in [2.45, 2.75) is 38.6 Å². The molecule has 2 saturated carbocycles. The van der Waals surface area contributed by atoms with E-state index in [0.29, 0.717) is 0 Å². The molecule has 0 spiro atoms. The molecule has 0 unspecified atom stereocenters. The molecule has 16 heavy (non-hydrogen) atoms. The van der Waals surface area contributed by atoms with E-state index in [4.69, 9.17) is 0 Å². The molecule has 0 N–H and O–H groups in total. The summed E-state index contributed by atoms with van der Waals surface area (Å²) in [5.41, 5.74) is 0. The summed E-state index contributed by atoms with van der Waals surface area (Å²) in [4.78, 5) is 15.9. The summed E-state index contributed by atoms with van der Waals surface area (Å²) < 4.78 is 0. The molecule has 1 heterocycles. The number of amides is 1. The number of carbonyl (C=O) groups is 1. The SMILES string of the molecule is CC(=O)N1CCN([C@@H]2C[C@H]3CC[C@H]2C3)CC1. The minimum Gasteiger partial charge on any atom is -0.340 e. The molecule has 3 rings (SSSR count). The lowest BCUT2D eigenvalue weighted by molar-refractivity contribution is -0.131. The molecule has 3 aliphatic rings. The normalized spacial score (nSPS) is 39.3. The van der Waals surface area contributed by atoms with Crippen LogP contribution < -0.4 is 0 Å². The van der Waals surface area contributed by atoms with Gasteiger partial charge >= 0.3 is 0 Å². The Bertz CT molecular complexity index is 284. The first-order valence-electron chi connectivity index (χ1n) is 6.73. The molecule has 3 nitrogen and oxygen atoms in total. The summed E-state index contributed by atoms with van der Waals surface area (Å²) in [6.07, 6.45) is 5.86. The zero-order valence-corrected chi connectivity index (χ0v) is 10.2. The second kappa shape index (κ2) is 4.02. The fourth-order valence-corrected chi connectivity index (χ4v) is 4.03. The summed E-state index contributed by atoms with van der Waals surface area (Å²) in [6, 6.07) is 0.854. The second-order valence-electron chi connectivity index (χ2n) is 5.78. The molecule has 1 amide bonds. The molecule has 3 heteroatoms. The van der Waals surface area contributed by atoms with Gasteiger partial charge in [0.2, 0.25) is 5.91 Å². The van der Waals surface area contributed by atoms with Crippen LogP contribution >= 0.6 is 0 Å². The summed E-state index contributed by atoms with van der Waals surface area (Å²) in [5.74, 6) is 2.25. The Balaban J connectivity index is 1.56.